The number of hydrogen-bond donors (Lipinski definition) is 1. The predicted octanol–water partition coefficient (Wildman–Crippen LogP) is 3.08. The Morgan fingerprint density at radius 1 is 1.30 bits per heavy atom. The molecule has 0 radical (unpaired) electrons. The van der Waals surface area contributed by atoms with Gasteiger partial charge in [0.05, 0.1) is 28.3 Å². The van der Waals surface area contributed by atoms with Crippen LogP contribution in [0.5, 0.6) is 0 Å². The largest absolute Gasteiger partial charge is 0.365 e. The summed E-state index contributed by atoms with van der Waals surface area (Å²) >= 11 is 1.25. The van der Waals surface area contributed by atoms with Gasteiger partial charge in [0.25, 0.3) is 5.91 Å². The van der Waals surface area contributed by atoms with Gasteiger partial charge in [0.15, 0.2) is 0 Å². The van der Waals surface area contributed by atoms with E-state index in [0.29, 0.717) is 22.4 Å². The van der Waals surface area contributed by atoms with Crippen molar-refractivity contribution in [3.8, 4) is 6.07 Å². The maximum atomic E-state index is 13.2. The SMILES string of the molecule is N#Cc1cccc(C=CCN2C(=O)C3CC=CC(c4ccsc4C(N)=O)C3C2=O)c1. The Bertz CT molecular complexity index is 1120. The third kappa shape index (κ3) is 3.46. The zero-order chi connectivity index (χ0) is 21.3. The van der Waals surface area contributed by atoms with E-state index in [-0.39, 0.29) is 24.3 Å². The molecular weight excluding hydrogens is 398 g/mol. The molecule has 2 heterocycles. The van der Waals surface area contributed by atoms with Gasteiger partial charge in [0.2, 0.25) is 11.8 Å². The minimum absolute atomic E-state index is 0.167. The Hall–Kier alpha value is -3.50. The Kier molecular flexibility index (Phi) is 5.34. The summed E-state index contributed by atoms with van der Waals surface area (Å²) in [5.41, 5.74) is 7.58. The summed E-state index contributed by atoms with van der Waals surface area (Å²) in [6, 6.07) is 11.0. The molecule has 7 heteroatoms. The van der Waals surface area contributed by atoms with Gasteiger partial charge in [-0.15, -0.1) is 11.3 Å². The van der Waals surface area contributed by atoms with E-state index in [0.717, 1.165) is 5.56 Å². The Balaban J connectivity index is 1.55. The maximum Gasteiger partial charge on any atom is 0.259 e. The fourth-order valence-electron chi connectivity index (χ4n) is 4.22. The van der Waals surface area contributed by atoms with Crippen molar-refractivity contribution < 1.29 is 14.4 Å². The lowest BCUT2D eigenvalue weighted by molar-refractivity contribution is -0.139. The molecule has 2 aliphatic rings. The van der Waals surface area contributed by atoms with E-state index in [1.165, 1.54) is 16.2 Å². The van der Waals surface area contributed by atoms with Crippen molar-refractivity contribution in [2.24, 2.45) is 17.6 Å². The average molecular weight is 417 g/mol. The zero-order valence-corrected chi connectivity index (χ0v) is 16.8. The number of imide groups is 1. The maximum absolute atomic E-state index is 13.2. The zero-order valence-electron chi connectivity index (χ0n) is 16.0. The van der Waals surface area contributed by atoms with E-state index in [1.54, 1.807) is 35.7 Å². The molecule has 0 saturated carbocycles. The first kappa shape index (κ1) is 19.8. The number of nitrogens with two attached hydrogens (primary N) is 1. The highest BCUT2D eigenvalue weighted by molar-refractivity contribution is 7.12. The number of amides is 3. The number of carbonyl (C=O) groups excluding carboxylic acids is 3. The summed E-state index contributed by atoms with van der Waals surface area (Å²) in [5, 5.41) is 10.8. The highest BCUT2D eigenvalue weighted by atomic mass is 32.1. The van der Waals surface area contributed by atoms with Crippen molar-refractivity contribution in [1.82, 2.24) is 4.90 Å². The van der Waals surface area contributed by atoms with Crippen LogP contribution in [-0.4, -0.2) is 29.2 Å². The van der Waals surface area contributed by atoms with Gasteiger partial charge in [-0.2, -0.15) is 5.26 Å². The molecule has 2 aromatic rings. The smallest absolute Gasteiger partial charge is 0.259 e. The third-order valence-corrected chi connectivity index (χ3v) is 6.53. The number of fused-ring (bicyclic) bond motifs is 1. The number of benzene rings is 1. The molecule has 0 spiro atoms. The van der Waals surface area contributed by atoms with Crippen LogP contribution < -0.4 is 5.73 Å². The van der Waals surface area contributed by atoms with Crippen LogP contribution in [0.3, 0.4) is 0 Å². The van der Waals surface area contributed by atoms with Crippen molar-refractivity contribution in [1.29, 1.82) is 5.26 Å². The van der Waals surface area contributed by atoms with E-state index >= 15 is 0 Å². The van der Waals surface area contributed by atoms with Gasteiger partial charge >= 0.3 is 0 Å². The van der Waals surface area contributed by atoms with Crippen molar-refractivity contribution >= 4 is 35.1 Å². The molecule has 1 saturated heterocycles. The summed E-state index contributed by atoms with van der Waals surface area (Å²) < 4.78 is 0. The molecule has 1 aromatic carbocycles. The summed E-state index contributed by atoms with van der Waals surface area (Å²) in [7, 11) is 0. The minimum Gasteiger partial charge on any atom is -0.365 e. The predicted molar refractivity (Wildman–Crippen MR) is 113 cm³/mol. The standard InChI is InChI=1S/C23H19N3O3S/c24-13-15-5-1-4-14(12-15)6-3-10-26-22(28)18-8-2-7-16(19(18)23(26)29)17-9-11-30-20(17)21(25)27/h1-7,9,11-12,16,18-19H,8,10H2,(H2,25,27). The molecule has 2 N–H and O–H groups in total. The number of nitriles is 1. The molecular formula is C23H19N3O3S. The normalized spacial score (nSPS) is 23.0. The van der Waals surface area contributed by atoms with E-state index in [9.17, 15) is 14.4 Å². The van der Waals surface area contributed by atoms with Crippen LogP contribution in [0.25, 0.3) is 6.08 Å². The molecule has 1 fully saturated rings. The van der Waals surface area contributed by atoms with Crippen LogP contribution in [0.4, 0.5) is 0 Å². The summed E-state index contributed by atoms with van der Waals surface area (Å²) in [6.07, 6.45) is 7.88. The fourth-order valence-corrected chi connectivity index (χ4v) is 5.03. The highest BCUT2D eigenvalue weighted by Crippen LogP contribution is 2.45. The molecule has 3 unspecified atom stereocenters. The van der Waals surface area contributed by atoms with Crippen LogP contribution in [0, 0.1) is 23.2 Å². The number of hydrogen-bond acceptors (Lipinski definition) is 5. The Labute approximate surface area is 177 Å². The van der Waals surface area contributed by atoms with Gasteiger partial charge in [0.1, 0.15) is 0 Å². The highest BCUT2D eigenvalue weighted by Gasteiger charge is 2.51. The summed E-state index contributed by atoms with van der Waals surface area (Å²) in [4.78, 5) is 39.6. The van der Waals surface area contributed by atoms with Crippen molar-refractivity contribution in [2.75, 3.05) is 6.54 Å². The van der Waals surface area contributed by atoms with Crippen LogP contribution >= 0.6 is 11.3 Å². The lowest BCUT2D eigenvalue weighted by Crippen LogP contribution is -2.32. The molecule has 4 rings (SSSR count). The van der Waals surface area contributed by atoms with Gasteiger partial charge in [-0.25, -0.2) is 0 Å². The number of thiophene rings is 1. The van der Waals surface area contributed by atoms with E-state index in [2.05, 4.69) is 6.07 Å². The van der Waals surface area contributed by atoms with Gasteiger partial charge < -0.3 is 5.73 Å². The molecule has 30 heavy (non-hydrogen) atoms. The van der Waals surface area contributed by atoms with Gasteiger partial charge in [-0.05, 0) is 41.1 Å². The second-order valence-electron chi connectivity index (χ2n) is 7.32. The number of rotatable bonds is 5. The van der Waals surface area contributed by atoms with Crippen molar-refractivity contribution in [3.63, 3.8) is 0 Å². The lowest BCUT2D eigenvalue weighted by Gasteiger charge is -2.26. The second-order valence-corrected chi connectivity index (χ2v) is 8.23. The number of primary amides is 1. The van der Waals surface area contributed by atoms with Gasteiger partial charge in [-0.1, -0.05) is 36.4 Å². The van der Waals surface area contributed by atoms with E-state index in [4.69, 9.17) is 11.0 Å². The molecule has 1 aromatic heterocycles. The topological polar surface area (TPSA) is 104 Å². The monoisotopic (exact) mass is 417 g/mol. The molecule has 0 bridgehead atoms. The molecule has 3 atom stereocenters. The van der Waals surface area contributed by atoms with Crippen LogP contribution in [0.2, 0.25) is 0 Å². The number of allylic oxidation sites excluding steroid dienone is 2. The molecule has 3 amide bonds. The third-order valence-electron chi connectivity index (χ3n) is 5.58. The Morgan fingerprint density at radius 2 is 2.13 bits per heavy atom. The first-order valence-corrected chi connectivity index (χ1v) is 10.4. The van der Waals surface area contributed by atoms with Gasteiger partial charge in [-0.3, -0.25) is 19.3 Å². The van der Waals surface area contributed by atoms with Crippen molar-refractivity contribution in [2.45, 2.75) is 12.3 Å². The number of nitrogens with zero attached hydrogens (tertiary/aromatic N) is 2. The Morgan fingerprint density at radius 3 is 2.90 bits per heavy atom. The molecule has 150 valence electrons. The van der Waals surface area contributed by atoms with E-state index < -0.39 is 17.7 Å². The van der Waals surface area contributed by atoms with Crippen LogP contribution in [0.1, 0.15) is 38.7 Å². The fraction of sp³-hybridized carbons (Fsp3) is 0.217. The second kappa shape index (κ2) is 8.09. The first-order valence-electron chi connectivity index (χ1n) is 9.57. The van der Waals surface area contributed by atoms with Crippen LogP contribution in [0.15, 0.2) is 53.9 Å². The van der Waals surface area contributed by atoms with E-state index in [1.807, 2.05) is 24.3 Å². The number of carbonyl (C=O) groups is 3. The molecule has 1 aliphatic carbocycles. The summed E-state index contributed by atoms with van der Waals surface area (Å²) in [5.74, 6) is -2.22. The molecule has 6 nitrogen and oxygen atoms in total. The minimum atomic E-state index is -0.523. The first-order chi connectivity index (χ1) is 14.5. The van der Waals surface area contributed by atoms with Crippen LogP contribution in [-0.2, 0) is 9.59 Å². The van der Waals surface area contributed by atoms with Crippen molar-refractivity contribution in [3.05, 3.63) is 75.5 Å². The quantitative estimate of drug-likeness (QED) is 0.596. The van der Waals surface area contributed by atoms with Gasteiger partial charge in [0, 0.05) is 12.5 Å². The average Bonchev–Trinajstić information content (AvgIpc) is 3.33. The summed E-state index contributed by atoms with van der Waals surface area (Å²) in [6.45, 7) is 0.167. The molecule has 1 aliphatic heterocycles. The lowest BCUT2D eigenvalue weighted by atomic mass is 9.74. The number of likely N-dealkylation sites (tertiary alicyclic amines) is 1.